The molecule has 4 heteroatoms. The van der Waals surface area contributed by atoms with E-state index in [1.165, 1.54) is 11.8 Å². The molecule has 0 aromatic heterocycles. The van der Waals surface area contributed by atoms with E-state index in [-0.39, 0.29) is 5.78 Å². The van der Waals surface area contributed by atoms with Crippen molar-refractivity contribution < 1.29 is 4.79 Å². The van der Waals surface area contributed by atoms with E-state index >= 15 is 0 Å². The number of Topliss-reactive ketones (excluding diaryl/α,β-unsaturated/α-hetero) is 1. The second-order valence-electron chi connectivity index (χ2n) is 3.65. The third kappa shape index (κ3) is 3.52. The third-order valence-electron chi connectivity index (χ3n) is 2.36. The molecular formula is C14H10Cl2OS. The van der Waals surface area contributed by atoms with Crippen LogP contribution >= 0.6 is 35.0 Å². The fourth-order valence-corrected chi connectivity index (χ4v) is 2.59. The van der Waals surface area contributed by atoms with Crippen LogP contribution in [0.25, 0.3) is 0 Å². The Bertz CT molecular complexity index is 552. The van der Waals surface area contributed by atoms with Crippen LogP contribution in [-0.2, 0) is 0 Å². The van der Waals surface area contributed by atoms with Gasteiger partial charge in [-0.05, 0) is 36.4 Å². The Morgan fingerprint density at radius 1 is 1.00 bits per heavy atom. The molecule has 0 N–H and O–H groups in total. The number of thioether (sulfide) groups is 1. The van der Waals surface area contributed by atoms with Gasteiger partial charge in [-0.2, -0.15) is 0 Å². The van der Waals surface area contributed by atoms with Crippen LogP contribution in [0.1, 0.15) is 10.4 Å². The van der Waals surface area contributed by atoms with Crippen molar-refractivity contribution in [2.24, 2.45) is 0 Å². The molecule has 18 heavy (non-hydrogen) atoms. The Morgan fingerprint density at radius 2 is 1.67 bits per heavy atom. The number of carbonyl (C=O) groups excluding carboxylic acids is 1. The smallest absolute Gasteiger partial charge is 0.174 e. The molecule has 0 saturated heterocycles. The number of benzene rings is 2. The largest absolute Gasteiger partial charge is 0.293 e. The van der Waals surface area contributed by atoms with Crippen LogP contribution < -0.4 is 0 Å². The van der Waals surface area contributed by atoms with Crippen LogP contribution in [0.4, 0.5) is 0 Å². The maximum atomic E-state index is 12.0. The highest BCUT2D eigenvalue weighted by atomic mass is 35.5. The molecule has 0 saturated carbocycles. The highest BCUT2D eigenvalue weighted by molar-refractivity contribution is 8.00. The lowest BCUT2D eigenvalue weighted by Gasteiger charge is -2.03. The van der Waals surface area contributed by atoms with Crippen LogP contribution in [0, 0.1) is 0 Å². The van der Waals surface area contributed by atoms with Gasteiger partial charge in [-0.15, -0.1) is 11.8 Å². The van der Waals surface area contributed by atoms with Gasteiger partial charge < -0.3 is 0 Å². The van der Waals surface area contributed by atoms with Crippen molar-refractivity contribution in [1.82, 2.24) is 0 Å². The van der Waals surface area contributed by atoms with Crippen molar-refractivity contribution >= 4 is 40.7 Å². The molecule has 0 spiro atoms. The Kier molecular flexibility index (Phi) is 4.70. The second kappa shape index (κ2) is 6.28. The van der Waals surface area contributed by atoms with Crippen LogP contribution in [0.3, 0.4) is 0 Å². The molecule has 0 aliphatic carbocycles. The van der Waals surface area contributed by atoms with Crippen molar-refractivity contribution in [1.29, 1.82) is 0 Å². The lowest BCUT2D eigenvalue weighted by molar-refractivity contribution is 0.102. The van der Waals surface area contributed by atoms with Crippen molar-refractivity contribution in [3.63, 3.8) is 0 Å². The topological polar surface area (TPSA) is 17.1 Å². The van der Waals surface area contributed by atoms with Gasteiger partial charge in [-0.25, -0.2) is 0 Å². The molecule has 0 aliphatic rings. The highest BCUT2D eigenvalue weighted by Gasteiger charge is 2.09. The van der Waals surface area contributed by atoms with E-state index in [0.29, 0.717) is 21.4 Å². The Morgan fingerprint density at radius 3 is 2.33 bits per heavy atom. The monoisotopic (exact) mass is 296 g/mol. The average molecular weight is 297 g/mol. The first kappa shape index (κ1) is 13.5. The average Bonchev–Trinajstić information content (AvgIpc) is 2.38. The van der Waals surface area contributed by atoms with Crippen LogP contribution in [0.5, 0.6) is 0 Å². The summed E-state index contributed by atoms with van der Waals surface area (Å²) in [5.41, 5.74) is 0.570. The minimum absolute atomic E-state index is 0.0283. The molecule has 2 aromatic rings. The van der Waals surface area contributed by atoms with Crippen LogP contribution in [-0.4, -0.2) is 11.5 Å². The van der Waals surface area contributed by atoms with Gasteiger partial charge in [0.1, 0.15) is 0 Å². The van der Waals surface area contributed by atoms with Gasteiger partial charge in [-0.1, -0.05) is 35.3 Å². The van der Waals surface area contributed by atoms with Crippen molar-refractivity contribution in [2.45, 2.75) is 4.90 Å². The molecule has 0 fully saturated rings. The molecule has 0 heterocycles. The van der Waals surface area contributed by atoms with Crippen LogP contribution in [0.15, 0.2) is 53.4 Å². The summed E-state index contributed by atoms with van der Waals surface area (Å²) in [6.45, 7) is 0. The van der Waals surface area contributed by atoms with Crippen molar-refractivity contribution in [3.8, 4) is 0 Å². The summed E-state index contributed by atoms with van der Waals surface area (Å²) in [5.74, 6) is 0.395. The number of rotatable bonds is 4. The maximum absolute atomic E-state index is 12.0. The summed E-state index contributed by atoms with van der Waals surface area (Å²) in [6.07, 6.45) is 0. The van der Waals surface area contributed by atoms with E-state index in [0.717, 1.165) is 4.90 Å². The van der Waals surface area contributed by atoms with Gasteiger partial charge in [0.2, 0.25) is 0 Å². The number of hydrogen-bond acceptors (Lipinski definition) is 2. The first-order valence-corrected chi connectivity index (χ1v) is 7.07. The standard InChI is InChI=1S/C14H10Cl2OS/c15-10-5-7-11(8-6-10)18-9-14(17)12-3-1-2-4-13(12)16/h1-8H,9H2. The summed E-state index contributed by atoms with van der Waals surface area (Å²) in [4.78, 5) is 13.0. The normalized spacial score (nSPS) is 10.3. The SMILES string of the molecule is O=C(CSc1ccc(Cl)cc1)c1ccccc1Cl. The first-order chi connectivity index (χ1) is 8.66. The van der Waals surface area contributed by atoms with E-state index in [1.807, 2.05) is 36.4 Å². The van der Waals surface area contributed by atoms with Crippen molar-refractivity contribution in [3.05, 3.63) is 64.1 Å². The summed E-state index contributed by atoms with van der Waals surface area (Å²) >= 11 is 13.2. The summed E-state index contributed by atoms with van der Waals surface area (Å²) in [5, 5.41) is 1.19. The van der Waals surface area contributed by atoms with E-state index < -0.39 is 0 Å². The summed E-state index contributed by atoms with van der Waals surface area (Å²) < 4.78 is 0. The fourth-order valence-electron chi connectivity index (χ4n) is 1.44. The highest BCUT2D eigenvalue weighted by Crippen LogP contribution is 2.23. The zero-order valence-electron chi connectivity index (χ0n) is 9.40. The molecular weight excluding hydrogens is 287 g/mol. The predicted molar refractivity (Wildman–Crippen MR) is 78.0 cm³/mol. The Labute approximate surface area is 120 Å². The quantitative estimate of drug-likeness (QED) is 0.585. The third-order valence-corrected chi connectivity index (χ3v) is 3.95. The van der Waals surface area contributed by atoms with E-state index in [1.54, 1.807) is 12.1 Å². The molecule has 2 aromatic carbocycles. The molecule has 0 bridgehead atoms. The lowest BCUT2D eigenvalue weighted by atomic mass is 10.1. The zero-order chi connectivity index (χ0) is 13.0. The van der Waals surface area contributed by atoms with Gasteiger partial charge >= 0.3 is 0 Å². The summed E-state index contributed by atoms with van der Waals surface area (Å²) in [7, 11) is 0. The number of ketones is 1. The van der Waals surface area contributed by atoms with E-state index in [2.05, 4.69) is 0 Å². The van der Waals surface area contributed by atoms with Crippen LogP contribution in [0.2, 0.25) is 10.0 Å². The van der Waals surface area contributed by atoms with E-state index in [9.17, 15) is 4.79 Å². The maximum Gasteiger partial charge on any atom is 0.174 e. The number of carbonyl (C=O) groups is 1. The van der Waals surface area contributed by atoms with Gasteiger partial charge in [0.15, 0.2) is 5.78 Å². The summed E-state index contributed by atoms with van der Waals surface area (Å²) in [6, 6.07) is 14.5. The molecule has 92 valence electrons. The van der Waals surface area contributed by atoms with Crippen molar-refractivity contribution in [2.75, 3.05) is 5.75 Å². The molecule has 0 atom stereocenters. The number of hydrogen-bond donors (Lipinski definition) is 0. The molecule has 1 nitrogen and oxygen atoms in total. The first-order valence-electron chi connectivity index (χ1n) is 5.33. The number of halogens is 2. The van der Waals surface area contributed by atoms with Gasteiger partial charge in [0.25, 0.3) is 0 Å². The van der Waals surface area contributed by atoms with Gasteiger partial charge in [0, 0.05) is 15.5 Å². The molecule has 2 rings (SSSR count). The minimum atomic E-state index is 0.0283. The lowest BCUT2D eigenvalue weighted by Crippen LogP contribution is -2.02. The molecule has 0 radical (unpaired) electrons. The Hall–Kier alpha value is -0.960. The second-order valence-corrected chi connectivity index (χ2v) is 5.54. The van der Waals surface area contributed by atoms with Gasteiger partial charge in [0.05, 0.1) is 10.8 Å². The molecule has 0 unspecified atom stereocenters. The molecule has 0 aliphatic heterocycles. The fraction of sp³-hybridized carbons (Fsp3) is 0.0714. The Balaban J connectivity index is 2.01. The predicted octanol–water partition coefficient (Wildman–Crippen LogP) is 4.97. The molecule has 0 amide bonds. The zero-order valence-corrected chi connectivity index (χ0v) is 11.7. The van der Waals surface area contributed by atoms with E-state index in [4.69, 9.17) is 23.2 Å². The van der Waals surface area contributed by atoms with Gasteiger partial charge in [-0.3, -0.25) is 4.79 Å². The minimum Gasteiger partial charge on any atom is -0.293 e.